The predicted octanol–water partition coefficient (Wildman–Crippen LogP) is -0.314. The minimum absolute atomic E-state index is 0.105. The molecular formula is C14H21ClN4O4S2. The van der Waals surface area contributed by atoms with Gasteiger partial charge in [0.05, 0.1) is 10.3 Å². The van der Waals surface area contributed by atoms with Crippen molar-refractivity contribution < 1.29 is 16.8 Å². The van der Waals surface area contributed by atoms with E-state index in [0.717, 1.165) is 0 Å². The number of nitrogens with two attached hydrogens (primary N) is 2. The summed E-state index contributed by atoms with van der Waals surface area (Å²) in [7, 11) is -5.46. The maximum Gasteiger partial charge on any atom is 0.247 e. The molecule has 1 aliphatic heterocycles. The fourth-order valence-electron chi connectivity index (χ4n) is 2.73. The summed E-state index contributed by atoms with van der Waals surface area (Å²) >= 11 is 6.32. The Kier molecular flexibility index (Phi) is 5.37. The predicted molar refractivity (Wildman–Crippen MR) is 96.6 cm³/mol. The largest absolute Gasteiger partial charge is 0.303 e. The first-order chi connectivity index (χ1) is 11.3. The van der Waals surface area contributed by atoms with Crippen LogP contribution in [-0.4, -0.2) is 63.1 Å². The van der Waals surface area contributed by atoms with E-state index in [1.165, 1.54) is 24.3 Å². The summed E-state index contributed by atoms with van der Waals surface area (Å²) < 4.78 is 51.3. The zero-order valence-electron chi connectivity index (χ0n) is 13.8. The summed E-state index contributed by atoms with van der Waals surface area (Å²) in [5, 5.41) is 4.39. The molecule has 0 aromatic heterocycles. The molecule has 1 saturated heterocycles. The highest BCUT2D eigenvalue weighted by Crippen LogP contribution is 2.39. The van der Waals surface area contributed by atoms with E-state index >= 15 is 0 Å². The van der Waals surface area contributed by atoms with Gasteiger partial charge in [-0.15, -0.1) is 11.6 Å². The topological polar surface area (TPSA) is 127 Å². The van der Waals surface area contributed by atoms with E-state index in [1.54, 1.807) is 25.1 Å². The van der Waals surface area contributed by atoms with Crippen LogP contribution in [0, 0.1) is 0 Å². The van der Waals surface area contributed by atoms with Gasteiger partial charge in [0.25, 0.3) is 0 Å². The highest BCUT2D eigenvalue weighted by atomic mass is 35.5. The van der Waals surface area contributed by atoms with Crippen LogP contribution < -0.4 is 10.9 Å². The van der Waals surface area contributed by atoms with E-state index in [1.807, 2.05) is 0 Å². The van der Waals surface area contributed by atoms with Crippen LogP contribution in [0.3, 0.4) is 0 Å². The van der Waals surface area contributed by atoms with Gasteiger partial charge < -0.3 is 4.90 Å². The summed E-state index contributed by atoms with van der Waals surface area (Å²) in [6.07, 6.45) is 0. The van der Waals surface area contributed by atoms with Crippen molar-refractivity contribution in [3.8, 4) is 0 Å². The second kappa shape index (κ2) is 6.62. The van der Waals surface area contributed by atoms with Crippen molar-refractivity contribution in [3.63, 3.8) is 0 Å². The van der Waals surface area contributed by atoms with Crippen LogP contribution >= 0.6 is 11.6 Å². The first-order valence-electron chi connectivity index (χ1n) is 7.24. The average molecular weight is 409 g/mol. The van der Waals surface area contributed by atoms with Gasteiger partial charge in [0.1, 0.15) is 0 Å². The molecular weight excluding hydrogens is 388 g/mol. The van der Waals surface area contributed by atoms with Gasteiger partial charge in [0.15, 0.2) is 0 Å². The van der Waals surface area contributed by atoms with Crippen LogP contribution in [0.25, 0.3) is 0 Å². The number of hydrogen-bond donors (Lipinski definition) is 2. The average Bonchev–Trinajstić information content (AvgIpc) is 2.52. The number of piperidine rings is 1. The molecule has 1 aromatic rings. The number of nitrogens with zero attached hydrogens (tertiary/aromatic N) is 2. The second-order valence-corrected chi connectivity index (χ2v) is 10.1. The van der Waals surface area contributed by atoms with E-state index in [0.29, 0.717) is 4.31 Å². The van der Waals surface area contributed by atoms with Gasteiger partial charge in [-0.05, 0) is 31.8 Å². The lowest BCUT2D eigenvalue weighted by Crippen LogP contribution is -2.73. The summed E-state index contributed by atoms with van der Waals surface area (Å²) in [5.74, 6) is 0. The molecule has 0 radical (unpaired) electrons. The zero-order valence-corrected chi connectivity index (χ0v) is 16.2. The van der Waals surface area contributed by atoms with Crippen LogP contribution in [0.15, 0.2) is 47.4 Å². The maximum absolute atomic E-state index is 13.1. The molecule has 2 rings (SSSR count). The van der Waals surface area contributed by atoms with Crippen molar-refractivity contribution in [1.82, 2.24) is 9.21 Å². The fourth-order valence-corrected chi connectivity index (χ4v) is 6.31. The Morgan fingerprint density at radius 1 is 1.24 bits per heavy atom. The number of benzene rings is 1. The van der Waals surface area contributed by atoms with Gasteiger partial charge in [-0.1, -0.05) is 24.8 Å². The molecule has 1 aromatic carbocycles. The number of alkyl halides is 1. The molecule has 0 saturated carbocycles. The minimum atomic E-state index is -4.57. The zero-order chi connectivity index (χ0) is 19.2. The third-order valence-electron chi connectivity index (χ3n) is 4.28. The summed E-state index contributed by atoms with van der Waals surface area (Å²) in [6.45, 7) is 3.40. The summed E-state index contributed by atoms with van der Waals surface area (Å²) in [6, 6.07) is 6.84. The Labute approximate surface area is 153 Å². The number of primary sulfonamides is 1. The lowest BCUT2D eigenvalue weighted by Gasteiger charge is -2.48. The van der Waals surface area contributed by atoms with Crippen molar-refractivity contribution in [2.24, 2.45) is 10.9 Å². The van der Waals surface area contributed by atoms with Gasteiger partial charge in [-0.3, -0.25) is 5.73 Å². The third kappa shape index (κ3) is 3.23. The molecule has 140 valence electrons. The lowest BCUT2D eigenvalue weighted by molar-refractivity contribution is 0.172. The van der Waals surface area contributed by atoms with Crippen LogP contribution in [0.2, 0.25) is 0 Å². The molecule has 3 atom stereocenters. The van der Waals surface area contributed by atoms with E-state index in [2.05, 4.69) is 6.58 Å². The Bertz CT molecular complexity index is 873. The van der Waals surface area contributed by atoms with E-state index in [9.17, 15) is 16.8 Å². The molecule has 0 aliphatic carbocycles. The number of rotatable bonds is 4. The SMILES string of the molecule is C=C1C(Cl)C(N(C)C)CN(S(=O)(=O)c2ccccc2)C1(N)S(N)(=O)=O. The van der Waals surface area contributed by atoms with Gasteiger partial charge in [0.2, 0.25) is 25.0 Å². The molecule has 0 amide bonds. The molecule has 1 fully saturated rings. The normalized spacial score (nSPS) is 29.1. The van der Waals surface area contributed by atoms with Crippen molar-refractivity contribution in [2.75, 3.05) is 20.6 Å². The standard InChI is InChI=1S/C14H21ClN4O4S2/c1-10-13(15)12(18(2)3)9-19(14(10,16)25(17,22)23)24(20,21)11-7-5-4-6-8-11/h4-8,12-13H,1,9,16H2,2-3H3,(H2,17,22,23). The molecule has 1 aliphatic rings. The number of likely N-dealkylation sites (N-methyl/N-ethyl adjacent to an activating group) is 1. The Morgan fingerprint density at radius 2 is 1.76 bits per heavy atom. The monoisotopic (exact) mass is 408 g/mol. The van der Waals surface area contributed by atoms with Crippen molar-refractivity contribution in [2.45, 2.75) is 21.3 Å². The summed E-state index contributed by atoms with van der Waals surface area (Å²) in [4.78, 5) is -0.966. The molecule has 25 heavy (non-hydrogen) atoms. The molecule has 1 heterocycles. The smallest absolute Gasteiger partial charge is 0.247 e. The first-order valence-corrected chi connectivity index (χ1v) is 10.7. The van der Waals surface area contributed by atoms with Crippen molar-refractivity contribution >= 4 is 31.6 Å². The number of halogens is 1. The fraction of sp³-hybridized carbons (Fsp3) is 0.429. The third-order valence-corrected chi connectivity index (χ3v) is 8.19. The molecule has 11 heteroatoms. The Balaban J connectivity index is 2.71. The van der Waals surface area contributed by atoms with Gasteiger partial charge in [0, 0.05) is 12.6 Å². The van der Waals surface area contributed by atoms with Crippen LogP contribution in [0.4, 0.5) is 0 Å². The van der Waals surface area contributed by atoms with Crippen LogP contribution in [0.1, 0.15) is 0 Å². The maximum atomic E-state index is 13.1. The van der Waals surface area contributed by atoms with E-state index in [-0.39, 0.29) is 17.0 Å². The Morgan fingerprint density at radius 3 is 2.20 bits per heavy atom. The first kappa shape index (κ1) is 20.3. The Hall–Kier alpha value is -1.01. The van der Waals surface area contributed by atoms with E-state index < -0.39 is 36.5 Å². The molecule has 4 N–H and O–H groups in total. The lowest BCUT2D eigenvalue weighted by atomic mass is 9.99. The van der Waals surface area contributed by atoms with Crippen LogP contribution in [0.5, 0.6) is 0 Å². The van der Waals surface area contributed by atoms with Crippen molar-refractivity contribution in [3.05, 3.63) is 42.5 Å². The highest BCUT2D eigenvalue weighted by Gasteiger charge is 2.58. The highest BCUT2D eigenvalue weighted by molar-refractivity contribution is 7.93. The van der Waals surface area contributed by atoms with Gasteiger partial charge in [-0.2, -0.15) is 4.31 Å². The van der Waals surface area contributed by atoms with Crippen LogP contribution in [-0.2, 0) is 20.0 Å². The number of hydrogen-bond acceptors (Lipinski definition) is 6. The molecule has 0 bridgehead atoms. The van der Waals surface area contributed by atoms with Gasteiger partial charge in [-0.25, -0.2) is 22.0 Å². The summed E-state index contributed by atoms with van der Waals surface area (Å²) in [5.41, 5.74) is 5.84. The number of sulfonamides is 2. The van der Waals surface area contributed by atoms with E-state index in [4.69, 9.17) is 22.5 Å². The van der Waals surface area contributed by atoms with Crippen molar-refractivity contribution in [1.29, 1.82) is 0 Å². The molecule has 3 unspecified atom stereocenters. The molecule has 8 nitrogen and oxygen atoms in total. The minimum Gasteiger partial charge on any atom is -0.303 e. The quantitative estimate of drug-likeness (QED) is 0.519. The molecule has 0 spiro atoms. The second-order valence-electron chi connectivity index (χ2n) is 6.05. The van der Waals surface area contributed by atoms with Gasteiger partial charge >= 0.3 is 0 Å².